The van der Waals surface area contributed by atoms with Crippen molar-refractivity contribution in [2.75, 3.05) is 0 Å². The summed E-state index contributed by atoms with van der Waals surface area (Å²) in [4.78, 5) is 17.8. The molecule has 6 heteroatoms. The molecule has 0 saturated heterocycles. The minimum absolute atomic E-state index is 0.143. The predicted octanol–water partition coefficient (Wildman–Crippen LogP) is 1.71. The van der Waals surface area contributed by atoms with Crippen molar-refractivity contribution < 1.29 is 10.2 Å². The van der Waals surface area contributed by atoms with Crippen LogP contribution in [-0.2, 0) is 13.2 Å². The molecule has 0 amide bonds. The molecule has 0 aliphatic rings. The summed E-state index contributed by atoms with van der Waals surface area (Å²) >= 11 is 0. The summed E-state index contributed by atoms with van der Waals surface area (Å²) in [7, 11) is 0. The topological polar surface area (TPSA) is 92.0 Å². The lowest BCUT2D eigenvalue weighted by atomic mass is 10.1. The van der Waals surface area contributed by atoms with Gasteiger partial charge < -0.3 is 10.2 Å². The minimum atomic E-state index is -0.143. The van der Waals surface area contributed by atoms with Crippen LogP contribution in [0.4, 0.5) is 0 Å². The van der Waals surface area contributed by atoms with Crippen molar-refractivity contribution in [2.45, 2.75) is 13.2 Å². The zero-order valence-electron chi connectivity index (χ0n) is 11.6. The first-order valence-corrected chi connectivity index (χ1v) is 6.85. The van der Waals surface area contributed by atoms with E-state index >= 15 is 0 Å². The van der Waals surface area contributed by atoms with Crippen molar-refractivity contribution >= 4 is 32.8 Å². The summed E-state index contributed by atoms with van der Waals surface area (Å²) in [5, 5.41) is 20.3. The molecule has 0 fully saturated rings. The van der Waals surface area contributed by atoms with Crippen LogP contribution in [0.5, 0.6) is 0 Å². The standard InChI is InChI=1S/C16H12N4O2/c21-7-9-1-3-11-13-14(18-6-5-17-13)12-4-2-10(8-22)20-16(12)15(11)19-9/h1-6,21-22H,7-8H2. The van der Waals surface area contributed by atoms with E-state index in [4.69, 9.17) is 0 Å². The highest BCUT2D eigenvalue weighted by Gasteiger charge is 2.13. The fourth-order valence-corrected chi connectivity index (χ4v) is 2.65. The van der Waals surface area contributed by atoms with Crippen LogP contribution in [0, 0.1) is 0 Å². The smallest absolute Gasteiger partial charge is 0.0992 e. The van der Waals surface area contributed by atoms with Gasteiger partial charge in [-0.2, -0.15) is 0 Å². The number of benzene rings is 1. The van der Waals surface area contributed by atoms with Crippen LogP contribution in [0.25, 0.3) is 32.8 Å². The van der Waals surface area contributed by atoms with E-state index in [-0.39, 0.29) is 13.2 Å². The molecule has 0 atom stereocenters. The van der Waals surface area contributed by atoms with Gasteiger partial charge in [0, 0.05) is 23.2 Å². The molecular weight excluding hydrogens is 280 g/mol. The molecule has 3 heterocycles. The van der Waals surface area contributed by atoms with Crippen LogP contribution in [-0.4, -0.2) is 30.1 Å². The lowest BCUT2D eigenvalue weighted by Gasteiger charge is -2.09. The number of aliphatic hydroxyl groups excluding tert-OH is 2. The van der Waals surface area contributed by atoms with Gasteiger partial charge in [-0.3, -0.25) is 9.97 Å². The second-order valence-electron chi connectivity index (χ2n) is 4.97. The molecule has 0 radical (unpaired) electrons. The summed E-state index contributed by atoms with van der Waals surface area (Å²) in [6.07, 6.45) is 3.28. The molecule has 0 spiro atoms. The molecule has 6 nitrogen and oxygen atoms in total. The van der Waals surface area contributed by atoms with Crippen LogP contribution in [0.3, 0.4) is 0 Å². The van der Waals surface area contributed by atoms with E-state index in [1.54, 1.807) is 24.5 Å². The SMILES string of the molecule is OCc1ccc2c3nccnc3c3ccc(CO)nc3c2n1. The van der Waals surface area contributed by atoms with Crippen molar-refractivity contribution in [1.82, 2.24) is 19.9 Å². The summed E-state index contributed by atoms with van der Waals surface area (Å²) in [5.41, 5.74) is 3.94. The molecule has 0 bridgehead atoms. The summed E-state index contributed by atoms with van der Waals surface area (Å²) in [6, 6.07) is 7.27. The van der Waals surface area contributed by atoms with Crippen molar-refractivity contribution in [3.05, 3.63) is 48.0 Å². The molecule has 0 aliphatic carbocycles. The molecule has 22 heavy (non-hydrogen) atoms. The van der Waals surface area contributed by atoms with E-state index in [2.05, 4.69) is 19.9 Å². The van der Waals surface area contributed by atoms with Crippen molar-refractivity contribution in [2.24, 2.45) is 0 Å². The third kappa shape index (κ3) is 1.82. The van der Waals surface area contributed by atoms with Crippen LogP contribution in [0.2, 0.25) is 0 Å². The highest BCUT2D eigenvalue weighted by atomic mass is 16.3. The average molecular weight is 292 g/mol. The maximum absolute atomic E-state index is 9.33. The van der Waals surface area contributed by atoms with Crippen molar-refractivity contribution in [3.8, 4) is 0 Å². The van der Waals surface area contributed by atoms with Gasteiger partial charge in [0.05, 0.1) is 46.7 Å². The zero-order chi connectivity index (χ0) is 15.1. The fourth-order valence-electron chi connectivity index (χ4n) is 2.65. The second kappa shape index (κ2) is 4.94. The Hall–Kier alpha value is -2.70. The van der Waals surface area contributed by atoms with E-state index < -0.39 is 0 Å². The van der Waals surface area contributed by atoms with Gasteiger partial charge in [0.15, 0.2) is 0 Å². The Kier molecular flexibility index (Phi) is 2.92. The Bertz CT molecular complexity index is 935. The van der Waals surface area contributed by atoms with Gasteiger partial charge in [-0.1, -0.05) is 0 Å². The third-order valence-corrected chi connectivity index (χ3v) is 3.66. The number of aliphatic hydroxyl groups is 2. The molecule has 4 rings (SSSR count). The van der Waals surface area contributed by atoms with E-state index in [0.717, 1.165) is 21.8 Å². The number of pyridine rings is 2. The van der Waals surface area contributed by atoms with Gasteiger partial charge in [-0.15, -0.1) is 0 Å². The van der Waals surface area contributed by atoms with Crippen LogP contribution in [0.15, 0.2) is 36.7 Å². The number of nitrogens with zero attached hydrogens (tertiary/aromatic N) is 4. The van der Waals surface area contributed by atoms with Crippen molar-refractivity contribution in [1.29, 1.82) is 0 Å². The van der Waals surface area contributed by atoms with E-state index in [0.29, 0.717) is 22.4 Å². The Morgan fingerprint density at radius 3 is 1.50 bits per heavy atom. The van der Waals surface area contributed by atoms with Gasteiger partial charge >= 0.3 is 0 Å². The molecular formula is C16H12N4O2. The van der Waals surface area contributed by atoms with Crippen LogP contribution in [0.1, 0.15) is 11.4 Å². The monoisotopic (exact) mass is 292 g/mol. The number of hydrogen-bond acceptors (Lipinski definition) is 6. The first-order valence-electron chi connectivity index (χ1n) is 6.85. The molecule has 1 aromatic carbocycles. The Labute approximate surface area is 125 Å². The maximum atomic E-state index is 9.33. The molecule has 0 saturated carbocycles. The van der Waals surface area contributed by atoms with Crippen LogP contribution >= 0.6 is 0 Å². The van der Waals surface area contributed by atoms with E-state index in [9.17, 15) is 10.2 Å². The molecule has 0 aliphatic heterocycles. The van der Waals surface area contributed by atoms with Crippen molar-refractivity contribution in [3.63, 3.8) is 0 Å². The quantitative estimate of drug-likeness (QED) is 0.546. The highest BCUT2D eigenvalue weighted by molar-refractivity contribution is 6.20. The largest absolute Gasteiger partial charge is 0.390 e. The fraction of sp³-hybridized carbons (Fsp3) is 0.125. The van der Waals surface area contributed by atoms with Crippen LogP contribution < -0.4 is 0 Å². The van der Waals surface area contributed by atoms with Gasteiger partial charge in [0.2, 0.25) is 0 Å². The zero-order valence-corrected chi connectivity index (χ0v) is 11.6. The molecule has 4 aromatic rings. The highest BCUT2D eigenvalue weighted by Crippen LogP contribution is 2.30. The summed E-state index contributed by atoms with van der Waals surface area (Å²) in [5.74, 6) is 0. The van der Waals surface area contributed by atoms with E-state index in [1.807, 2.05) is 12.1 Å². The number of fused-ring (bicyclic) bond motifs is 6. The number of hydrogen-bond donors (Lipinski definition) is 2. The molecule has 3 aromatic heterocycles. The Balaban J connectivity index is 2.29. The normalized spacial score (nSPS) is 11.5. The second-order valence-corrected chi connectivity index (χ2v) is 4.97. The lowest BCUT2D eigenvalue weighted by Crippen LogP contribution is -1.97. The molecule has 0 unspecified atom stereocenters. The molecule has 108 valence electrons. The predicted molar refractivity (Wildman–Crippen MR) is 82.0 cm³/mol. The average Bonchev–Trinajstić information content (AvgIpc) is 2.61. The van der Waals surface area contributed by atoms with Gasteiger partial charge in [0.1, 0.15) is 0 Å². The molecule has 2 N–H and O–H groups in total. The minimum Gasteiger partial charge on any atom is -0.390 e. The van der Waals surface area contributed by atoms with Gasteiger partial charge in [-0.05, 0) is 24.3 Å². The maximum Gasteiger partial charge on any atom is 0.0992 e. The van der Waals surface area contributed by atoms with E-state index in [1.165, 1.54) is 0 Å². The summed E-state index contributed by atoms with van der Waals surface area (Å²) in [6.45, 7) is -0.286. The first kappa shape index (κ1) is 13.0. The Morgan fingerprint density at radius 2 is 1.09 bits per heavy atom. The first-order chi connectivity index (χ1) is 10.8. The number of aromatic nitrogens is 4. The lowest BCUT2D eigenvalue weighted by molar-refractivity contribution is 0.277. The third-order valence-electron chi connectivity index (χ3n) is 3.66. The summed E-state index contributed by atoms with van der Waals surface area (Å²) < 4.78 is 0. The van der Waals surface area contributed by atoms with Gasteiger partial charge in [0.25, 0.3) is 0 Å². The number of rotatable bonds is 2. The Morgan fingerprint density at radius 1 is 0.636 bits per heavy atom. The van der Waals surface area contributed by atoms with Gasteiger partial charge in [-0.25, -0.2) is 9.97 Å².